The van der Waals surface area contributed by atoms with Gasteiger partial charge in [0.2, 0.25) is 0 Å². The summed E-state index contributed by atoms with van der Waals surface area (Å²) in [5.74, 6) is -1.39. The second-order valence-electron chi connectivity index (χ2n) is 6.27. The number of hydrogen-bond donors (Lipinski definition) is 1. The Hall–Kier alpha value is -2.38. The van der Waals surface area contributed by atoms with Crippen LogP contribution in [-0.4, -0.2) is 32.7 Å². The van der Waals surface area contributed by atoms with Crippen LogP contribution in [0.5, 0.6) is 0 Å². The highest BCUT2D eigenvalue weighted by atomic mass is 35.5. The van der Waals surface area contributed by atoms with Crippen LogP contribution in [0.15, 0.2) is 42.5 Å². The maximum absolute atomic E-state index is 12.3. The van der Waals surface area contributed by atoms with E-state index in [4.69, 9.17) is 16.3 Å². The minimum Gasteiger partial charge on any atom is -0.449 e. The van der Waals surface area contributed by atoms with Gasteiger partial charge < -0.3 is 10.1 Å². The number of amides is 1. The molecule has 1 unspecified atom stereocenters. The zero-order valence-electron chi connectivity index (χ0n) is 15.2. The molecule has 0 saturated carbocycles. The van der Waals surface area contributed by atoms with E-state index in [-0.39, 0.29) is 11.3 Å². The number of sulfone groups is 1. The zero-order chi connectivity index (χ0) is 20.2. The van der Waals surface area contributed by atoms with E-state index in [0.29, 0.717) is 16.3 Å². The van der Waals surface area contributed by atoms with Crippen LogP contribution >= 0.6 is 11.6 Å². The fourth-order valence-electron chi connectivity index (χ4n) is 2.34. The smallest absolute Gasteiger partial charge is 0.338 e. The van der Waals surface area contributed by atoms with Crippen molar-refractivity contribution in [3.8, 4) is 0 Å². The first kappa shape index (κ1) is 20.9. The van der Waals surface area contributed by atoms with Crippen molar-refractivity contribution in [3.05, 3.63) is 64.2 Å². The van der Waals surface area contributed by atoms with Gasteiger partial charge in [-0.15, -0.1) is 0 Å². The molecule has 27 heavy (non-hydrogen) atoms. The van der Waals surface area contributed by atoms with E-state index in [1.165, 1.54) is 19.1 Å². The van der Waals surface area contributed by atoms with Gasteiger partial charge in [-0.05, 0) is 49.2 Å². The molecule has 0 aliphatic heterocycles. The van der Waals surface area contributed by atoms with E-state index in [1.54, 1.807) is 30.3 Å². The van der Waals surface area contributed by atoms with E-state index in [2.05, 4.69) is 5.32 Å². The van der Waals surface area contributed by atoms with Gasteiger partial charge in [0.1, 0.15) is 0 Å². The van der Waals surface area contributed by atoms with Crippen LogP contribution in [0.3, 0.4) is 0 Å². The Morgan fingerprint density at radius 1 is 1.19 bits per heavy atom. The SMILES string of the molecule is Cc1ccc(Cl)cc1NC(=O)C(C)OC(=O)c1cccc(CS(C)(=O)=O)c1. The molecule has 0 fully saturated rings. The lowest BCUT2D eigenvalue weighted by Crippen LogP contribution is -2.30. The molecule has 2 aromatic carbocycles. The number of esters is 1. The number of hydrogen-bond acceptors (Lipinski definition) is 5. The fourth-order valence-corrected chi connectivity index (χ4v) is 3.29. The van der Waals surface area contributed by atoms with Gasteiger partial charge in [0.25, 0.3) is 5.91 Å². The maximum Gasteiger partial charge on any atom is 0.338 e. The minimum atomic E-state index is -3.23. The first-order valence-corrected chi connectivity index (χ1v) is 10.5. The predicted molar refractivity (Wildman–Crippen MR) is 105 cm³/mol. The van der Waals surface area contributed by atoms with Gasteiger partial charge in [0.15, 0.2) is 15.9 Å². The second kappa shape index (κ2) is 8.54. The van der Waals surface area contributed by atoms with Gasteiger partial charge in [0.05, 0.1) is 11.3 Å². The molecule has 0 saturated heterocycles. The molecule has 144 valence electrons. The van der Waals surface area contributed by atoms with Crippen LogP contribution in [-0.2, 0) is 25.1 Å². The van der Waals surface area contributed by atoms with Gasteiger partial charge in [-0.2, -0.15) is 0 Å². The van der Waals surface area contributed by atoms with Crippen LogP contribution < -0.4 is 5.32 Å². The van der Waals surface area contributed by atoms with Crippen LogP contribution in [0.4, 0.5) is 5.69 Å². The number of benzene rings is 2. The van der Waals surface area contributed by atoms with Gasteiger partial charge in [-0.3, -0.25) is 4.79 Å². The van der Waals surface area contributed by atoms with Crippen LogP contribution in [0.1, 0.15) is 28.4 Å². The monoisotopic (exact) mass is 409 g/mol. The third kappa shape index (κ3) is 6.37. The third-order valence-electron chi connectivity index (χ3n) is 3.70. The standard InChI is InChI=1S/C19H20ClNO5S/c1-12-7-8-16(20)10-17(12)21-18(22)13(2)26-19(23)15-6-4-5-14(9-15)11-27(3,24)25/h4-10,13H,11H2,1-3H3,(H,21,22). The van der Waals surface area contributed by atoms with Crippen LogP contribution in [0.2, 0.25) is 5.02 Å². The molecular formula is C19H20ClNO5S. The van der Waals surface area contributed by atoms with E-state index in [0.717, 1.165) is 11.8 Å². The molecule has 8 heteroatoms. The summed E-state index contributed by atoms with van der Waals surface area (Å²) in [4.78, 5) is 24.6. The number of aryl methyl sites for hydroxylation is 1. The maximum atomic E-state index is 12.3. The molecule has 2 rings (SSSR count). The van der Waals surface area contributed by atoms with Crippen molar-refractivity contribution in [1.29, 1.82) is 0 Å². The van der Waals surface area contributed by atoms with Crippen molar-refractivity contribution >= 4 is 39.0 Å². The lowest BCUT2D eigenvalue weighted by Gasteiger charge is -2.15. The molecular weight excluding hydrogens is 390 g/mol. The summed E-state index contributed by atoms with van der Waals surface area (Å²) < 4.78 is 28.0. The molecule has 6 nitrogen and oxygen atoms in total. The van der Waals surface area contributed by atoms with E-state index >= 15 is 0 Å². The Kier molecular flexibility index (Phi) is 6.62. The molecule has 0 heterocycles. The molecule has 2 aromatic rings. The number of carbonyl (C=O) groups is 2. The van der Waals surface area contributed by atoms with E-state index in [1.807, 2.05) is 6.92 Å². The van der Waals surface area contributed by atoms with Gasteiger partial charge in [-0.25, -0.2) is 13.2 Å². The molecule has 1 atom stereocenters. The molecule has 0 spiro atoms. The number of nitrogens with one attached hydrogen (secondary N) is 1. The van der Waals surface area contributed by atoms with Crippen molar-refractivity contribution in [1.82, 2.24) is 0 Å². The Morgan fingerprint density at radius 3 is 2.56 bits per heavy atom. The highest BCUT2D eigenvalue weighted by molar-refractivity contribution is 7.89. The van der Waals surface area contributed by atoms with Crippen molar-refractivity contribution in [3.63, 3.8) is 0 Å². The average molecular weight is 410 g/mol. The largest absolute Gasteiger partial charge is 0.449 e. The van der Waals surface area contributed by atoms with Crippen molar-refractivity contribution in [2.45, 2.75) is 25.7 Å². The minimum absolute atomic E-state index is 0.176. The molecule has 0 bridgehead atoms. The highest BCUT2D eigenvalue weighted by Crippen LogP contribution is 2.20. The number of rotatable bonds is 6. The van der Waals surface area contributed by atoms with E-state index in [9.17, 15) is 18.0 Å². The van der Waals surface area contributed by atoms with Crippen molar-refractivity contribution in [2.75, 3.05) is 11.6 Å². The third-order valence-corrected chi connectivity index (χ3v) is 4.79. The second-order valence-corrected chi connectivity index (χ2v) is 8.84. The van der Waals surface area contributed by atoms with Crippen LogP contribution in [0.25, 0.3) is 0 Å². The van der Waals surface area contributed by atoms with Gasteiger partial charge in [0, 0.05) is 17.0 Å². The van der Waals surface area contributed by atoms with Crippen molar-refractivity contribution < 1.29 is 22.7 Å². The van der Waals surface area contributed by atoms with Gasteiger partial charge >= 0.3 is 5.97 Å². The molecule has 1 N–H and O–H groups in total. The molecule has 0 aliphatic rings. The summed E-state index contributed by atoms with van der Waals surface area (Å²) in [6.45, 7) is 3.27. The topological polar surface area (TPSA) is 89.5 Å². The number of carbonyl (C=O) groups excluding carboxylic acids is 2. The lowest BCUT2D eigenvalue weighted by atomic mass is 10.1. The number of ether oxygens (including phenoxy) is 1. The Bertz CT molecular complexity index is 972. The molecule has 1 amide bonds. The van der Waals surface area contributed by atoms with E-state index < -0.39 is 27.8 Å². The zero-order valence-corrected chi connectivity index (χ0v) is 16.7. The average Bonchev–Trinajstić information content (AvgIpc) is 2.56. The Morgan fingerprint density at radius 2 is 1.89 bits per heavy atom. The van der Waals surface area contributed by atoms with Crippen LogP contribution in [0, 0.1) is 6.92 Å². The summed E-state index contributed by atoms with van der Waals surface area (Å²) in [5.41, 5.74) is 2.00. The van der Waals surface area contributed by atoms with Gasteiger partial charge in [-0.1, -0.05) is 29.8 Å². The molecule has 0 aromatic heterocycles. The highest BCUT2D eigenvalue weighted by Gasteiger charge is 2.20. The fraction of sp³-hybridized carbons (Fsp3) is 0.263. The van der Waals surface area contributed by atoms with Crippen molar-refractivity contribution in [2.24, 2.45) is 0 Å². The Balaban J connectivity index is 2.05. The summed E-state index contributed by atoms with van der Waals surface area (Å²) in [7, 11) is -3.23. The molecule has 0 aliphatic carbocycles. The summed E-state index contributed by atoms with van der Waals surface area (Å²) in [5, 5.41) is 3.15. The summed E-state index contributed by atoms with van der Waals surface area (Å²) in [6.07, 6.45) is 0.0665. The molecule has 0 radical (unpaired) electrons. The predicted octanol–water partition coefficient (Wildman–Crippen LogP) is 3.38. The summed E-state index contributed by atoms with van der Waals surface area (Å²) >= 11 is 5.93. The first-order valence-electron chi connectivity index (χ1n) is 8.10. The lowest BCUT2D eigenvalue weighted by molar-refractivity contribution is -0.123. The number of anilines is 1. The number of halogens is 1. The quantitative estimate of drug-likeness (QED) is 0.738. The Labute approximate surface area is 163 Å². The summed E-state index contributed by atoms with van der Waals surface area (Å²) in [6, 6.07) is 11.2. The first-order chi connectivity index (χ1) is 12.5. The normalized spacial score (nSPS) is 12.3.